The number of ether oxygens (including phenoxy) is 6. The summed E-state index contributed by atoms with van der Waals surface area (Å²) in [6.07, 6.45) is 65.5. The van der Waals surface area contributed by atoms with Crippen molar-refractivity contribution >= 4 is 5.91 Å². The fraction of sp³-hybridized carbons (Fsp3) is 0.807. The molecule has 17 atom stereocenters. The molecule has 19 heteroatoms. The zero-order valence-electron chi connectivity index (χ0n) is 66.6. The third kappa shape index (κ3) is 46.5. The first-order chi connectivity index (χ1) is 52.3. The summed E-state index contributed by atoms with van der Waals surface area (Å²) in [4.78, 5) is 13.5. The van der Waals surface area contributed by atoms with Crippen molar-refractivity contribution in [2.45, 2.75) is 426 Å². The first-order valence-corrected chi connectivity index (χ1v) is 43.0. The second kappa shape index (κ2) is 67.2. The molecular weight excluding hydrogens is 1360 g/mol. The third-order valence-corrected chi connectivity index (χ3v) is 20.8. The second-order valence-corrected chi connectivity index (χ2v) is 30.2. The number of unbranched alkanes of at least 4 members (excludes halogenated alkanes) is 38. The molecule has 0 aromatic rings. The van der Waals surface area contributed by atoms with Crippen molar-refractivity contribution in [2.75, 3.05) is 26.4 Å². The number of aliphatic hydroxyl groups excluding tert-OH is 11. The van der Waals surface area contributed by atoms with Crippen LogP contribution in [0.3, 0.4) is 0 Å². The molecule has 3 fully saturated rings. The first-order valence-electron chi connectivity index (χ1n) is 43.0. The highest BCUT2D eigenvalue weighted by Gasteiger charge is 2.54. The van der Waals surface area contributed by atoms with Gasteiger partial charge in [-0.1, -0.05) is 323 Å². The van der Waals surface area contributed by atoms with Crippen LogP contribution >= 0.6 is 0 Å². The van der Waals surface area contributed by atoms with E-state index < -0.39 is 124 Å². The van der Waals surface area contributed by atoms with Gasteiger partial charge in [0.05, 0.1) is 38.6 Å². The molecule has 17 unspecified atom stereocenters. The molecule has 0 aromatic carbocycles. The Balaban J connectivity index is 1.35. The van der Waals surface area contributed by atoms with E-state index in [0.717, 1.165) is 77.0 Å². The molecule has 1 amide bonds. The molecule has 3 saturated heterocycles. The molecule has 0 radical (unpaired) electrons. The molecule has 0 bridgehead atoms. The Morgan fingerprint density at radius 2 is 0.654 bits per heavy atom. The molecule has 107 heavy (non-hydrogen) atoms. The van der Waals surface area contributed by atoms with Gasteiger partial charge in [-0.3, -0.25) is 4.79 Å². The van der Waals surface area contributed by atoms with Gasteiger partial charge in [0.2, 0.25) is 5.91 Å². The molecular formula is C88H155NO18. The number of rotatable bonds is 68. The van der Waals surface area contributed by atoms with Crippen molar-refractivity contribution in [2.24, 2.45) is 0 Å². The summed E-state index contributed by atoms with van der Waals surface area (Å²) in [5, 5.41) is 121. The van der Waals surface area contributed by atoms with E-state index in [2.05, 4.69) is 104 Å². The predicted octanol–water partition coefficient (Wildman–Crippen LogP) is 15.5. The van der Waals surface area contributed by atoms with Gasteiger partial charge in [0.15, 0.2) is 18.9 Å². The molecule has 3 aliphatic rings. The van der Waals surface area contributed by atoms with Crippen molar-refractivity contribution in [3.8, 4) is 0 Å². The van der Waals surface area contributed by atoms with Crippen molar-refractivity contribution in [1.29, 1.82) is 0 Å². The van der Waals surface area contributed by atoms with Crippen molar-refractivity contribution in [1.82, 2.24) is 5.32 Å². The number of hydrogen-bond acceptors (Lipinski definition) is 18. The highest BCUT2D eigenvalue weighted by Crippen LogP contribution is 2.33. The van der Waals surface area contributed by atoms with Crippen molar-refractivity contribution in [3.63, 3.8) is 0 Å². The van der Waals surface area contributed by atoms with Crippen LogP contribution in [0.4, 0.5) is 0 Å². The van der Waals surface area contributed by atoms with Crippen LogP contribution in [0.5, 0.6) is 0 Å². The molecule has 3 aliphatic heterocycles. The van der Waals surface area contributed by atoms with Crippen LogP contribution < -0.4 is 5.32 Å². The minimum atomic E-state index is -1.99. The molecule has 12 N–H and O–H groups in total. The van der Waals surface area contributed by atoms with Gasteiger partial charge in [-0.05, 0) is 89.9 Å². The van der Waals surface area contributed by atoms with Crippen LogP contribution in [0, 0.1) is 0 Å². The van der Waals surface area contributed by atoms with Gasteiger partial charge in [-0.15, -0.1) is 0 Å². The lowest BCUT2D eigenvalue weighted by molar-refractivity contribution is -0.379. The first kappa shape index (κ1) is 97.9. The van der Waals surface area contributed by atoms with E-state index in [4.69, 9.17) is 28.4 Å². The van der Waals surface area contributed by atoms with Crippen molar-refractivity contribution < 1.29 is 89.4 Å². The number of allylic oxidation sites excluding steroid dienone is 15. The van der Waals surface area contributed by atoms with Gasteiger partial charge >= 0.3 is 0 Å². The van der Waals surface area contributed by atoms with E-state index in [9.17, 15) is 61.0 Å². The van der Waals surface area contributed by atoms with Crippen LogP contribution in [-0.2, 0) is 33.2 Å². The Morgan fingerprint density at radius 3 is 1.05 bits per heavy atom. The monoisotopic (exact) mass is 1510 g/mol. The minimum absolute atomic E-state index is 0.230. The highest BCUT2D eigenvalue weighted by atomic mass is 16.8. The number of carbonyl (C=O) groups excluding carboxylic acids is 1. The lowest BCUT2D eigenvalue weighted by atomic mass is 9.96. The molecule has 3 heterocycles. The number of hydrogen-bond donors (Lipinski definition) is 12. The maximum Gasteiger partial charge on any atom is 0.220 e. The average Bonchev–Trinajstić information content (AvgIpc) is 0.781. The standard InChI is InChI=1S/C88H155NO18/c1-3-5-7-9-11-13-15-17-19-21-23-25-27-29-31-32-33-34-35-36-37-38-40-42-44-46-48-50-52-54-56-58-60-62-64-66-76(94)89-71(72(93)65-63-61-59-57-55-53-51-49-47-45-43-41-39-30-28-26-24-22-20-18-16-14-12-10-8-6-4-2)70-102-86-82(100)79(97)84(74(68-91)104-86)107-88-83(101)80(98)85(75(69-92)105-88)106-87-81(99)78(96)77(95)73(67-90)103-87/h5,7,11,13,17,19,23,25,29,31,47,49,55,57,63,65,71-75,77-88,90-93,95-101H,3-4,6,8-10,12,14-16,18,20-22,24,26-28,30,32-46,48,50-54,56,58-62,64,66-70H2,1-2H3,(H,89,94)/b7-5-,13-11-,19-17-,25-23-,31-29-,49-47+,57-55+,65-63+. The van der Waals surface area contributed by atoms with Crippen LogP contribution in [-0.4, -0.2) is 193 Å². The van der Waals surface area contributed by atoms with Crippen LogP contribution in [0.15, 0.2) is 97.2 Å². The number of nitrogens with one attached hydrogen (secondary N) is 1. The Bertz CT molecular complexity index is 2310. The molecule has 19 nitrogen and oxygen atoms in total. The molecule has 0 saturated carbocycles. The van der Waals surface area contributed by atoms with Gasteiger partial charge in [-0.2, -0.15) is 0 Å². The topological polar surface area (TPSA) is 307 Å². The Kier molecular flexibility index (Phi) is 61.5. The predicted molar refractivity (Wildman–Crippen MR) is 429 cm³/mol. The SMILES string of the molecule is CC/C=C\C/C=C\C/C=C\C/C=C\C/C=C\CCCCCCCCCCCCCCCCCCCCCC(=O)NC(COC1OC(CO)C(OC2OC(CO)C(OC3OC(CO)C(O)C(O)C3O)C(O)C2O)C(O)C1O)C(O)/C=C/CC/C=C/CC/C=C/CCCCCCCCCCCCCCCCCCC. The van der Waals surface area contributed by atoms with Gasteiger partial charge in [-0.25, -0.2) is 0 Å². The van der Waals surface area contributed by atoms with E-state index in [1.54, 1.807) is 6.08 Å². The Hall–Kier alpha value is -3.29. The maximum atomic E-state index is 13.5. The molecule has 0 aromatic heterocycles. The van der Waals surface area contributed by atoms with Crippen LogP contribution in [0.1, 0.15) is 322 Å². The lowest BCUT2D eigenvalue weighted by Crippen LogP contribution is -2.66. The largest absolute Gasteiger partial charge is 0.394 e. The van der Waals surface area contributed by atoms with E-state index in [1.807, 2.05) is 6.08 Å². The van der Waals surface area contributed by atoms with E-state index >= 15 is 0 Å². The maximum absolute atomic E-state index is 13.5. The van der Waals surface area contributed by atoms with Gasteiger partial charge in [0.25, 0.3) is 0 Å². The van der Waals surface area contributed by atoms with Crippen molar-refractivity contribution in [3.05, 3.63) is 97.2 Å². The number of amides is 1. The van der Waals surface area contributed by atoms with Gasteiger partial charge in [0.1, 0.15) is 73.2 Å². The summed E-state index contributed by atoms with van der Waals surface area (Å²) in [7, 11) is 0. The normalized spacial score (nSPS) is 26.0. The smallest absolute Gasteiger partial charge is 0.220 e. The highest BCUT2D eigenvalue weighted by molar-refractivity contribution is 5.76. The number of carbonyl (C=O) groups is 1. The quantitative estimate of drug-likeness (QED) is 0.0199. The fourth-order valence-corrected chi connectivity index (χ4v) is 14.0. The van der Waals surface area contributed by atoms with E-state index in [0.29, 0.717) is 12.8 Å². The lowest BCUT2D eigenvalue weighted by Gasteiger charge is -2.48. The zero-order valence-corrected chi connectivity index (χ0v) is 66.6. The summed E-state index contributed by atoms with van der Waals surface area (Å²) >= 11 is 0. The zero-order chi connectivity index (χ0) is 77.4. The van der Waals surface area contributed by atoms with Gasteiger partial charge < -0.3 is 89.9 Å². The number of aliphatic hydroxyl groups is 11. The van der Waals surface area contributed by atoms with Gasteiger partial charge in [0, 0.05) is 6.42 Å². The Labute approximate surface area is 647 Å². The summed E-state index contributed by atoms with van der Waals surface area (Å²) < 4.78 is 34.5. The Morgan fingerprint density at radius 1 is 0.346 bits per heavy atom. The second-order valence-electron chi connectivity index (χ2n) is 30.2. The summed E-state index contributed by atoms with van der Waals surface area (Å²) in [6, 6.07) is -1.00. The van der Waals surface area contributed by atoms with E-state index in [-0.39, 0.29) is 18.9 Å². The minimum Gasteiger partial charge on any atom is -0.394 e. The van der Waals surface area contributed by atoms with Crippen LogP contribution in [0.25, 0.3) is 0 Å². The molecule has 0 aliphatic carbocycles. The fourth-order valence-electron chi connectivity index (χ4n) is 14.0. The van der Waals surface area contributed by atoms with E-state index in [1.165, 1.54) is 212 Å². The summed E-state index contributed by atoms with van der Waals surface area (Å²) in [6.45, 7) is 1.63. The third-order valence-electron chi connectivity index (χ3n) is 20.8. The molecule has 620 valence electrons. The molecule has 3 rings (SSSR count). The summed E-state index contributed by atoms with van der Waals surface area (Å²) in [5.41, 5.74) is 0. The average molecular weight is 1520 g/mol. The summed E-state index contributed by atoms with van der Waals surface area (Å²) in [5.74, 6) is -0.287. The molecule has 0 spiro atoms. The van der Waals surface area contributed by atoms with Crippen LogP contribution in [0.2, 0.25) is 0 Å².